The Labute approximate surface area is 82.9 Å². The van der Waals surface area contributed by atoms with E-state index in [1.54, 1.807) is 0 Å². The van der Waals surface area contributed by atoms with Gasteiger partial charge in [0.05, 0.1) is 0 Å². The van der Waals surface area contributed by atoms with Crippen LogP contribution in [0.2, 0.25) is 0 Å². The lowest BCUT2D eigenvalue weighted by Gasteiger charge is -2.10. The fourth-order valence-electron chi connectivity index (χ4n) is 1.45. The average molecular weight is 199 g/mol. The van der Waals surface area contributed by atoms with E-state index in [9.17, 15) is 8.78 Å². The van der Waals surface area contributed by atoms with Crippen molar-refractivity contribution in [1.29, 1.82) is 0 Å². The molecule has 0 aliphatic heterocycles. The van der Waals surface area contributed by atoms with Gasteiger partial charge >= 0.3 is 0 Å². The van der Waals surface area contributed by atoms with Crippen LogP contribution in [0.25, 0.3) is 0 Å². The maximum atomic E-state index is 13.2. The lowest BCUT2D eigenvalue weighted by atomic mass is 9.98. The molecule has 1 nitrogen and oxygen atoms in total. The molecule has 1 unspecified atom stereocenters. The highest BCUT2D eigenvalue weighted by atomic mass is 19.1. The van der Waals surface area contributed by atoms with Crippen molar-refractivity contribution in [2.24, 2.45) is 11.7 Å². The third-order valence-electron chi connectivity index (χ3n) is 2.24. The van der Waals surface area contributed by atoms with E-state index in [1.165, 1.54) is 12.1 Å². The van der Waals surface area contributed by atoms with Gasteiger partial charge in [-0.25, -0.2) is 8.78 Å². The second-order valence-corrected chi connectivity index (χ2v) is 3.62. The molecule has 1 atom stereocenters. The molecule has 0 fully saturated rings. The zero-order chi connectivity index (χ0) is 10.6. The first kappa shape index (κ1) is 11.1. The Morgan fingerprint density at radius 2 is 2.07 bits per heavy atom. The fourth-order valence-corrected chi connectivity index (χ4v) is 1.45. The number of nitrogens with two attached hydrogens (primary N) is 1. The summed E-state index contributed by atoms with van der Waals surface area (Å²) >= 11 is 0. The first-order valence-corrected chi connectivity index (χ1v) is 4.77. The lowest BCUT2D eigenvalue weighted by Crippen LogP contribution is -2.09. The molecule has 78 valence electrons. The Kier molecular flexibility index (Phi) is 4.01. The smallest absolute Gasteiger partial charge is 0.129 e. The molecule has 1 rings (SSSR count). The summed E-state index contributed by atoms with van der Waals surface area (Å²) in [6, 6.07) is 3.70. The van der Waals surface area contributed by atoms with Crippen LogP contribution < -0.4 is 5.73 Å². The van der Waals surface area contributed by atoms with Gasteiger partial charge in [0, 0.05) is 6.07 Å². The molecule has 0 heterocycles. The van der Waals surface area contributed by atoms with Crippen molar-refractivity contribution < 1.29 is 8.78 Å². The summed E-state index contributed by atoms with van der Waals surface area (Å²) in [5.74, 6) is -0.661. The van der Waals surface area contributed by atoms with Gasteiger partial charge in [-0.2, -0.15) is 0 Å². The highest BCUT2D eigenvalue weighted by Gasteiger charge is 2.07. The SMILES string of the molecule is CC(CCN)Cc1ccc(F)cc1F. The molecule has 3 heteroatoms. The zero-order valence-corrected chi connectivity index (χ0v) is 8.26. The van der Waals surface area contributed by atoms with Gasteiger partial charge in [0.25, 0.3) is 0 Å². The predicted molar refractivity (Wildman–Crippen MR) is 52.9 cm³/mol. The van der Waals surface area contributed by atoms with E-state index >= 15 is 0 Å². The number of benzene rings is 1. The molecule has 0 aromatic heterocycles. The van der Waals surface area contributed by atoms with Gasteiger partial charge in [-0.3, -0.25) is 0 Å². The van der Waals surface area contributed by atoms with E-state index in [0.29, 0.717) is 24.4 Å². The van der Waals surface area contributed by atoms with Crippen molar-refractivity contribution in [2.75, 3.05) is 6.54 Å². The molecule has 1 aromatic carbocycles. The molecule has 14 heavy (non-hydrogen) atoms. The molecule has 1 aromatic rings. The maximum Gasteiger partial charge on any atom is 0.129 e. The normalized spacial score (nSPS) is 12.9. The fraction of sp³-hybridized carbons (Fsp3) is 0.455. The number of hydrogen-bond acceptors (Lipinski definition) is 1. The van der Waals surface area contributed by atoms with Gasteiger partial charge < -0.3 is 5.73 Å². The number of halogens is 2. The van der Waals surface area contributed by atoms with Crippen LogP contribution in [-0.2, 0) is 6.42 Å². The monoisotopic (exact) mass is 199 g/mol. The number of rotatable bonds is 4. The predicted octanol–water partition coefficient (Wildman–Crippen LogP) is 2.49. The van der Waals surface area contributed by atoms with Crippen molar-refractivity contribution in [3.63, 3.8) is 0 Å². The van der Waals surface area contributed by atoms with Crippen LogP contribution in [-0.4, -0.2) is 6.54 Å². The summed E-state index contributed by atoms with van der Waals surface area (Å²) < 4.78 is 25.8. The van der Waals surface area contributed by atoms with Gasteiger partial charge in [0.1, 0.15) is 11.6 Å². The standard InChI is InChI=1S/C11H15F2N/c1-8(4-5-14)6-9-2-3-10(12)7-11(9)13/h2-3,7-8H,4-6,14H2,1H3. The molecule has 0 amide bonds. The highest BCUT2D eigenvalue weighted by molar-refractivity contribution is 5.18. The van der Waals surface area contributed by atoms with Crippen LogP contribution in [0.3, 0.4) is 0 Å². The molecule has 0 saturated carbocycles. The Balaban J connectivity index is 2.67. The van der Waals surface area contributed by atoms with Crippen molar-refractivity contribution >= 4 is 0 Å². The summed E-state index contributed by atoms with van der Waals surface area (Å²) in [6.45, 7) is 2.61. The van der Waals surface area contributed by atoms with Gasteiger partial charge in [0.2, 0.25) is 0 Å². The second kappa shape index (κ2) is 5.05. The Morgan fingerprint density at radius 3 is 2.64 bits per heavy atom. The van der Waals surface area contributed by atoms with E-state index in [0.717, 1.165) is 12.5 Å². The van der Waals surface area contributed by atoms with Crippen LogP contribution in [0, 0.1) is 17.6 Å². The summed E-state index contributed by atoms with van der Waals surface area (Å²) in [5, 5.41) is 0. The van der Waals surface area contributed by atoms with Crippen molar-refractivity contribution in [3.05, 3.63) is 35.4 Å². The first-order chi connectivity index (χ1) is 6.63. The summed E-state index contributed by atoms with van der Waals surface area (Å²) in [5.41, 5.74) is 5.95. The second-order valence-electron chi connectivity index (χ2n) is 3.62. The van der Waals surface area contributed by atoms with E-state index in [2.05, 4.69) is 0 Å². The van der Waals surface area contributed by atoms with Gasteiger partial charge in [-0.05, 0) is 36.9 Å². The molecular weight excluding hydrogens is 184 g/mol. The minimum atomic E-state index is -0.530. The zero-order valence-electron chi connectivity index (χ0n) is 8.26. The summed E-state index contributed by atoms with van der Waals surface area (Å²) in [4.78, 5) is 0. The topological polar surface area (TPSA) is 26.0 Å². The highest BCUT2D eigenvalue weighted by Crippen LogP contribution is 2.15. The van der Waals surface area contributed by atoms with E-state index < -0.39 is 11.6 Å². The van der Waals surface area contributed by atoms with E-state index in [4.69, 9.17) is 5.73 Å². The third-order valence-corrected chi connectivity index (χ3v) is 2.24. The Morgan fingerprint density at radius 1 is 1.36 bits per heavy atom. The maximum absolute atomic E-state index is 13.2. The van der Waals surface area contributed by atoms with Gasteiger partial charge in [-0.15, -0.1) is 0 Å². The quantitative estimate of drug-likeness (QED) is 0.792. The lowest BCUT2D eigenvalue weighted by molar-refractivity contribution is 0.510. The van der Waals surface area contributed by atoms with E-state index in [-0.39, 0.29) is 0 Å². The molecule has 0 spiro atoms. The molecule has 0 saturated heterocycles. The van der Waals surface area contributed by atoms with Crippen LogP contribution >= 0.6 is 0 Å². The van der Waals surface area contributed by atoms with Crippen LogP contribution in [0.4, 0.5) is 8.78 Å². The van der Waals surface area contributed by atoms with Crippen molar-refractivity contribution in [2.45, 2.75) is 19.8 Å². The number of hydrogen-bond donors (Lipinski definition) is 1. The molecule has 0 aliphatic carbocycles. The Bertz CT molecular complexity index is 299. The minimum absolute atomic E-state index is 0.333. The summed E-state index contributed by atoms with van der Waals surface area (Å²) in [6.07, 6.45) is 1.47. The van der Waals surface area contributed by atoms with Gasteiger partial charge in [0.15, 0.2) is 0 Å². The Hall–Kier alpha value is -0.960. The van der Waals surface area contributed by atoms with Crippen LogP contribution in [0.1, 0.15) is 18.9 Å². The molecule has 0 radical (unpaired) electrons. The van der Waals surface area contributed by atoms with Crippen LogP contribution in [0.5, 0.6) is 0 Å². The molecule has 0 aliphatic rings. The third kappa shape index (κ3) is 3.07. The minimum Gasteiger partial charge on any atom is -0.330 e. The molecule has 2 N–H and O–H groups in total. The van der Waals surface area contributed by atoms with Crippen molar-refractivity contribution in [3.8, 4) is 0 Å². The molecule has 0 bridgehead atoms. The average Bonchev–Trinajstić information content (AvgIpc) is 2.10. The summed E-state index contributed by atoms with van der Waals surface area (Å²) in [7, 11) is 0. The van der Waals surface area contributed by atoms with Crippen molar-refractivity contribution in [1.82, 2.24) is 0 Å². The van der Waals surface area contributed by atoms with E-state index in [1.807, 2.05) is 6.92 Å². The molecular formula is C11H15F2N. The van der Waals surface area contributed by atoms with Gasteiger partial charge in [-0.1, -0.05) is 13.0 Å². The largest absolute Gasteiger partial charge is 0.330 e. The first-order valence-electron chi connectivity index (χ1n) is 4.77. The van der Waals surface area contributed by atoms with Crippen LogP contribution in [0.15, 0.2) is 18.2 Å².